The van der Waals surface area contributed by atoms with Crippen molar-refractivity contribution in [2.24, 2.45) is 10.9 Å². The Morgan fingerprint density at radius 3 is 3.00 bits per heavy atom. The van der Waals surface area contributed by atoms with Crippen LogP contribution in [0.2, 0.25) is 0 Å². The number of H-pyrrole nitrogens is 1. The molecular weight excluding hydrogens is 400 g/mol. The van der Waals surface area contributed by atoms with E-state index in [0.717, 1.165) is 53.6 Å². The molecule has 0 bridgehead atoms. The molecule has 1 aromatic carbocycles. The van der Waals surface area contributed by atoms with E-state index in [2.05, 4.69) is 51.5 Å². The summed E-state index contributed by atoms with van der Waals surface area (Å²) >= 11 is 0. The van der Waals surface area contributed by atoms with Gasteiger partial charge in [-0.05, 0) is 57.4 Å². The highest BCUT2D eigenvalue weighted by Crippen LogP contribution is 2.37. The Kier molecular flexibility index (Phi) is 8.23. The molecule has 32 heavy (non-hydrogen) atoms. The molecule has 2 aromatic rings. The zero-order valence-corrected chi connectivity index (χ0v) is 19.2. The molecule has 0 spiro atoms. The third kappa shape index (κ3) is 5.65. The van der Waals surface area contributed by atoms with Crippen molar-refractivity contribution in [1.82, 2.24) is 15.5 Å². The first-order valence-corrected chi connectivity index (χ1v) is 11.1. The lowest BCUT2D eigenvalue weighted by Crippen LogP contribution is -2.33. The Bertz CT molecular complexity index is 1040. The zero-order chi connectivity index (χ0) is 22.9. The van der Waals surface area contributed by atoms with Crippen LogP contribution in [-0.4, -0.2) is 35.6 Å². The van der Waals surface area contributed by atoms with E-state index in [1.165, 1.54) is 24.5 Å². The molecule has 1 aromatic heterocycles. The number of benzene rings is 1. The Morgan fingerprint density at radius 1 is 1.47 bits per heavy atom. The van der Waals surface area contributed by atoms with Crippen LogP contribution in [0.25, 0.3) is 11.3 Å². The Morgan fingerprint density at radius 2 is 2.31 bits per heavy atom. The van der Waals surface area contributed by atoms with Crippen molar-refractivity contribution in [2.75, 3.05) is 25.0 Å². The maximum absolute atomic E-state index is 8.97. The first-order chi connectivity index (χ1) is 15.6. The zero-order valence-electron chi connectivity index (χ0n) is 19.2. The van der Waals surface area contributed by atoms with E-state index < -0.39 is 0 Å². The predicted molar refractivity (Wildman–Crippen MR) is 130 cm³/mol. The van der Waals surface area contributed by atoms with E-state index >= 15 is 0 Å². The molecule has 0 radical (unpaired) electrons. The maximum Gasteiger partial charge on any atom is 0.155 e. The highest BCUT2D eigenvalue weighted by atomic mass is 16.5. The minimum absolute atomic E-state index is 0.261. The van der Waals surface area contributed by atoms with Crippen LogP contribution in [0.5, 0.6) is 5.75 Å². The molecule has 1 aliphatic heterocycles. The van der Waals surface area contributed by atoms with Gasteiger partial charge in [-0.15, -0.1) is 0 Å². The van der Waals surface area contributed by atoms with Gasteiger partial charge in [-0.2, -0.15) is 10.4 Å². The molecule has 0 aliphatic carbocycles. The van der Waals surface area contributed by atoms with Crippen LogP contribution >= 0.6 is 0 Å². The monoisotopic (exact) mass is 432 g/mol. The molecule has 1 unspecified atom stereocenters. The lowest BCUT2D eigenvalue weighted by molar-refractivity contribution is 0.219. The number of nitrogens with zero attached hydrogens (tertiary/aromatic N) is 3. The number of nitriles is 1. The number of ether oxygens (including phenoxy) is 1. The van der Waals surface area contributed by atoms with Gasteiger partial charge in [-0.25, -0.2) is 4.99 Å². The van der Waals surface area contributed by atoms with Crippen molar-refractivity contribution in [3.8, 4) is 23.1 Å². The smallest absolute Gasteiger partial charge is 0.155 e. The second-order valence-electron chi connectivity index (χ2n) is 8.01. The Labute approximate surface area is 190 Å². The van der Waals surface area contributed by atoms with Crippen molar-refractivity contribution in [2.45, 2.75) is 40.0 Å². The molecule has 7 heteroatoms. The van der Waals surface area contributed by atoms with Crippen LogP contribution in [0, 0.1) is 24.2 Å². The van der Waals surface area contributed by atoms with Crippen LogP contribution in [-0.2, 0) is 6.42 Å². The molecule has 1 saturated heterocycles. The van der Waals surface area contributed by atoms with Crippen molar-refractivity contribution in [3.63, 3.8) is 0 Å². The summed E-state index contributed by atoms with van der Waals surface area (Å²) in [6.07, 6.45) is 6.31. The van der Waals surface area contributed by atoms with E-state index in [1.54, 1.807) is 6.20 Å². The first kappa shape index (κ1) is 23.3. The van der Waals surface area contributed by atoms with Gasteiger partial charge in [0.1, 0.15) is 17.5 Å². The number of allylic oxidation sites excluding steroid dienone is 2. The molecule has 3 N–H and O–H groups in total. The molecule has 0 saturated carbocycles. The first-order valence-electron chi connectivity index (χ1n) is 11.1. The normalized spacial score (nSPS) is 17.0. The summed E-state index contributed by atoms with van der Waals surface area (Å²) in [6, 6.07) is 8.21. The number of aliphatic imine (C=N–C) groups is 1. The quantitative estimate of drug-likeness (QED) is 0.497. The molecule has 7 nitrogen and oxygen atoms in total. The summed E-state index contributed by atoms with van der Waals surface area (Å²) in [5, 5.41) is 23.4. The highest BCUT2D eigenvalue weighted by Gasteiger charge is 2.20. The van der Waals surface area contributed by atoms with Crippen molar-refractivity contribution >= 4 is 11.5 Å². The number of anilines is 1. The molecule has 2 heterocycles. The summed E-state index contributed by atoms with van der Waals surface area (Å²) in [6.45, 7) is 12.4. The highest BCUT2D eigenvalue weighted by molar-refractivity contribution is 6.07. The van der Waals surface area contributed by atoms with Gasteiger partial charge in [-0.1, -0.05) is 25.6 Å². The molecular formula is C25H32N6O. The Balaban J connectivity index is 1.85. The predicted octanol–water partition coefficient (Wildman–Crippen LogP) is 4.75. The van der Waals surface area contributed by atoms with Crippen molar-refractivity contribution < 1.29 is 4.74 Å². The number of aromatic nitrogens is 2. The third-order valence-corrected chi connectivity index (χ3v) is 5.65. The van der Waals surface area contributed by atoms with E-state index in [9.17, 15) is 0 Å². The minimum Gasteiger partial charge on any atom is -0.493 e. The number of aromatic amines is 1. The van der Waals surface area contributed by atoms with Gasteiger partial charge in [0.2, 0.25) is 0 Å². The summed E-state index contributed by atoms with van der Waals surface area (Å²) in [7, 11) is 0. The number of hydrogen-bond acceptors (Lipinski definition) is 6. The fourth-order valence-corrected chi connectivity index (χ4v) is 3.82. The van der Waals surface area contributed by atoms with Gasteiger partial charge >= 0.3 is 0 Å². The fourth-order valence-electron chi connectivity index (χ4n) is 3.82. The molecule has 0 amide bonds. The largest absolute Gasteiger partial charge is 0.493 e. The fraction of sp³-hybridized carbons (Fsp3) is 0.400. The SMILES string of the molecule is C=C/C(C#N)=N\C=C(/C)Nc1n[nH]c(-c2c(CC)cccc2OCC2CCCNC2)c1C. The second kappa shape index (κ2) is 11.3. The van der Waals surface area contributed by atoms with Crippen molar-refractivity contribution in [1.29, 1.82) is 5.26 Å². The summed E-state index contributed by atoms with van der Waals surface area (Å²) in [5.41, 5.74) is 5.25. The molecule has 1 atom stereocenters. The average molecular weight is 433 g/mol. The molecule has 168 valence electrons. The molecule has 1 aliphatic rings. The summed E-state index contributed by atoms with van der Waals surface area (Å²) in [4.78, 5) is 4.11. The van der Waals surface area contributed by atoms with Gasteiger partial charge in [-0.3, -0.25) is 5.10 Å². The topological polar surface area (TPSA) is 98.1 Å². The second-order valence-corrected chi connectivity index (χ2v) is 8.01. The van der Waals surface area contributed by atoms with Gasteiger partial charge in [0.05, 0.1) is 12.3 Å². The van der Waals surface area contributed by atoms with E-state index in [0.29, 0.717) is 12.5 Å². The van der Waals surface area contributed by atoms with Gasteiger partial charge in [0.25, 0.3) is 0 Å². The molecule has 1 fully saturated rings. The third-order valence-electron chi connectivity index (χ3n) is 5.65. The number of rotatable bonds is 9. The average Bonchev–Trinajstić information content (AvgIpc) is 3.18. The van der Waals surface area contributed by atoms with E-state index in [-0.39, 0.29) is 5.71 Å². The lowest BCUT2D eigenvalue weighted by Gasteiger charge is -2.24. The maximum atomic E-state index is 8.97. The van der Waals surface area contributed by atoms with Crippen LogP contribution < -0.4 is 15.4 Å². The van der Waals surface area contributed by atoms with E-state index in [1.807, 2.05) is 26.0 Å². The van der Waals surface area contributed by atoms with Gasteiger partial charge in [0.15, 0.2) is 5.82 Å². The van der Waals surface area contributed by atoms with Gasteiger partial charge in [0, 0.05) is 35.5 Å². The Hall–Kier alpha value is -3.37. The molecule has 3 rings (SSSR count). The standard InChI is InChI=1S/C25H32N6O/c1-5-20-10-7-11-22(32-16-19-9-8-12-27-15-19)23(20)24-18(4)25(31-30-24)29-17(3)14-28-21(6-2)13-26/h6-7,10-11,14,19,27H,2,5,8-9,12,15-16H2,1,3-4H3,(H2,29,30,31)/b17-14+,28-21+. The van der Waals surface area contributed by atoms with Crippen LogP contribution in [0.15, 0.2) is 47.7 Å². The van der Waals surface area contributed by atoms with Crippen molar-refractivity contribution in [3.05, 3.63) is 53.9 Å². The summed E-state index contributed by atoms with van der Waals surface area (Å²) < 4.78 is 6.33. The minimum atomic E-state index is 0.261. The number of aryl methyl sites for hydroxylation is 1. The van der Waals surface area contributed by atoms with Crippen LogP contribution in [0.1, 0.15) is 37.8 Å². The van der Waals surface area contributed by atoms with E-state index in [4.69, 9.17) is 10.00 Å². The number of piperidine rings is 1. The number of hydrogen-bond donors (Lipinski definition) is 3. The lowest BCUT2D eigenvalue weighted by atomic mass is 9.98. The van der Waals surface area contributed by atoms with Crippen LogP contribution in [0.4, 0.5) is 5.82 Å². The van der Waals surface area contributed by atoms with Gasteiger partial charge < -0.3 is 15.4 Å². The van der Waals surface area contributed by atoms with Crippen LogP contribution in [0.3, 0.4) is 0 Å². The number of nitrogens with one attached hydrogen (secondary N) is 3. The summed E-state index contributed by atoms with van der Waals surface area (Å²) in [5.74, 6) is 2.13.